The van der Waals surface area contributed by atoms with Crippen molar-refractivity contribution in [1.82, 2.24) is 9.97 Å². The number of hydrogen-bond donors (Lipinski definition) is 3. The van der Waals surface area contributed by atoms with Gasteiger partial charge in [-0.3, -0.25) is 4.79 Å². The molecule has 1 saturated carbocycles. The SMILES string of the molecule is CCNc1nc(NC(=O)c2ccc(N)cc2)cc(C2CC2)n1. The molecule has 22 heavy (non-hydrogen) atoms. The van der Waals surface area contributed by atoms with Crippen molar-refractivity contribution in [1.29, 1.82) is 0 Å². The summed E-state index contributed by atoms with van der Waals surface area (Å²) in [7, 11) is 0. The lowest BCUT2D eigenvalue weighted by Crippen LogP contribution is -2.15. The Morgan fingerprint density at radius 3 is 2.64 bits per heavy atom. The number of carbonyl (C=O) groups excluding carboxylic acids is 1. The van der Waals surface area contributed by atoms with Gasteiger partial charge in [0.2, 0.25) is 5.95 Å². The van der Waals surface area contributed by atoms with E-state index in [1.807, 2.05) is 13.0 Å². The van der Waals surface area contributed by atoms with E-state index < -0.39 is 0 Å². The van der Waals surface area contributed by atoms with Gasteiger partial charge in [-0.05, 0) is 44.0 Å². The molecule has 114 valence electrons. The topological polar surface area (TPSA) is 92.9 Å². The highest BCUT2D eigenvalue weighted by Gasteiger charge is 2.26. The minimum absolute atomic E-state index is 0.206. The molecule has 1 aromatic carbocycles. The normalized spacial score (nSPS) is 13.7. The Morgan fingerprint density at radius 1 is 1.27 bits per heavy atom. The van der Waals surface area contributed by atoms with Crippen LogP contribution < -0.4 is 16.4 Å². The van der Waals surface area contributed by atoms with Gasteiger partial charge in [0.15, 0.2) is 0 Å². The molecule has 6 heteroatoms. The zero-order valence-electron chi connectivity index (χ0n) is 12.5. The zero-order valence-corrected chi connectivity index (χ0v) is 12.5. The first-order valence-corrected chi connectivity index (χ1v) is 7.45. The third kappa shape index (κ3) is 3.33. The van der Waals surface area contributed by atoms with Crippen LogP contribution in [0.3, 0.4) is 0 Å². The summed E-state index contributed by atoms with van der Waals surface area (Å²) >= 11 is 0. The lowest BCUT2D eigenvalue weighted by molar-refractivity contribution is 0.102. The summed E-state index contributed by atoms with van der Waals surface area (Å²) in [4.78, 5) is 21.1. The molecule has 0 unspecified atom stereocenters. The van der Waals surface area contributed by atoms with Crippen molar-refractivity contribution in [2.24, 2.45) is 0 Å². The molecule has 0 aliphatic heterocycles. The number of benzene rings is 1. The van der Waals surface area contributed by atoms with Crippen LogP contribution in [0, 0.1) is 0 Å². The molecule has 0 atom stereocenters. The fourth-order valence-electron chi connectivity index (χ4n) is 2.18. The molecule has 1 aliphatic carbocycles. The second kappa shape index (κ2) is 6.01. The van der Waals surface area contributed by atoms with Crippen LogP contribution in [0.2, 0.25) is 0 Å². The first-order valence-electron chi connectivity index (χ1n) is 7.45. The van der Waals surface area contributed by atoms with E-state index >= 15 is 0 Å². The van der Waals surface area contributed by atoms with Crippen molar-refractivity contribution in [2.45, 2.75) is 25.7 Å². The quantitative estimate of drug-likeness (QED) is 0.738. The number of rotatable bonds is 5. The number of nitrogens with one attached hydrogen (secondary N) is 2. The summed E-state index contributed by atoms with van der Waals surface area (Å²) in [5, 5.41) is 5.93. The van der Waals surface area contributed by atoms with E-state index in [1.165, 1.54) is 0 Å². The highest BCUT2D eigenvalue weighted by molar-refractivity contribution is 6.04. The smallest absolute Gasteiger partial charge is 0.256 e. The number of nitrogens with two attached hydrogens (primary N) is 1. The van der Waals surface area contributed by atoms with E-state index in [4.69, 9.17) is 5.73 Å². The van der Waals surface area contributed by atoms with Crippen molar-refractivity contribution in [3.63, 3.8) is 0 Å². The third-order valence-electron chi connectivity index (χ3n) is 3.49. The van der Waals surface area contributed by atoms with Crippen molar-refractivity contribution in [3.8, 4) is 0 Å². The first kappa shape index (κ1) is 14.3. The van der Waals surface area contributed by atoms with Crippen LogP contribution >= 0.6 is 0 Å². The number of anilines is 3. The van der Waals surface area contributed by atoms with Crippen LogP contribution in [-0.4, -0.2) is 22.4 Å². The van der Waals surface area contributed by atoms with Crippen LogP contribution in [-0.2, 0) is 0 Å². The molecular weight excluding hydrogens is 278 g/mol. The highest BCUT2D eigenvalue weighted by atomic mass is 16.1. The van der Waals surface area contributed by atoms with Crippen molar-refractivity contribution in [2.75, 3.05) is 22.9 Å². The predicted octanol–water partition coefficient (Wildman–Crippen LogP) is 2.62. The molecule has 1 aromatic heterocycles. The number of hydrogen-bond acceptors (Lipinski definition) is 5. The highest BCUT2D eigenvalue weighted by Crippen LogP contribution is 2.39. The number of amides is 1. The first-order chi connectivity index (χ1) is 10.7. The summed E-state index contributed by atoms with van der Waals surface area (Å²) in [6.07, 6.45) is 2.29. The van der Waals surface area contributed by atoms with Crippen LogP contribution in [0.15, 0.2) is 30.3 Å². The second-order valence-corrected chi connectivity index (χ2v) is 5.38. The number of aromatic nitrogens is 2. The van der Waals surface area contributed by atoms with Crippen LogP contribution in [0.5, 0.6) is 0 Å². The van der Waals surface area contributed by atoms with Crippen LogP contribution in [0.1, 0.15) is 41.7 Å². The number of carbonyl (C=O) groups is 1. The average Bonchev–Trinajstić information content (AvgIpc) is 3.32. The Hall–Kier alpha value is -2.63. The van der Waals surface area contributed by atoms with Crippen molar-refractivity contribution in [3.05, 3.63) is 41.6 Å². The lowest BCUT2D eigenvalue weighted by Gasteiger charge is -2.09. The number of nitrogens with zero attached hydrogens (tertiary/aromatic N) is 2. The summed E-state index contributed by atoms with van der Waals surface area (Å²) < 4.78 is 0. The Labute approximate surface area is 129 Å². The van der Waals surface area contributed by atoms with E-state index in [0.717, 1.165) is 25.1 Å². The second-order valence-electron chi connectivity index (χ2n) is 5.38. The summed E-state index contributed by atoms with van der Waals surface area (Å²) in [6, 6.07) is 8.65. The van der Waals surface area contributed by atoms with Crippen LogP contribution in [0.4, 0.5) is 17.5 Å². The fourth-order valence-corrected chi connectivity index (χ4v) is 2.18. The third-order valence-corrected chi connectivity index (χ3v) is 3.49. The van der Waals surface area contributed by atoms with Gasteiger partial charge in [0.1, 0.15) is 5.82 Å². The molecule has 0 saturated heterocycles. The molecule has 1 aliphatic rings. The minimum Gasteiger partial charge on any atom is -0.399 e. The molecule has 1 fully saturated rings. The number of nitrogen functional groups attached to an aromatic ring is 1. The molecule has 3 rings (SSSR count). The van der Waals surface area contributed by atoms with Gasteiger partial charge in [-0.15, -0.1) is 0 Å². The standard InChI is InChI=1S/C16H19N5O/c1-2-18-16-19-13(10-3-4-10)9-14(21-16)20-15(22)11-5-7-12(17)8-6-11/h5-10H,2-4,17H2,1H3,(H2,18,19,20,21,22). The maximum Gasteiger partial charge on any atom is 0.256 e. The Balaban J connectivity index is 1.81. The van der Waals surface area contributed by atoms with Crippen molar-refractivity contribution >= 4 is 23.4 Å². The van der Waals surface area contributed by atoms with E-state index in [-0.39, 0.29) is 5.91 Å². The maximum absolute atomic E-state index is 12.3. The molecule has 0 radical (unpaired) electrons. The van der Waals surface area contributed by atoms with E-state index in [2.05, 4.69) is 20.6 Å². The van der Waals surface area contributed by atoms with Gasteiger partial charge >= 0.3 is 0 Å². The predicted molar refractivity (Wildman–Crippen MR) is 87.0 cm³/mol. The van der Waals surface area contributed by atoms with Crippen molar-refractivity contribution < 1.29 is 4.79 Å². The average molecular weight is 297 g/mol. The molecule has 1 heterocycles. The van der Waals surface area contributed by atoms with E-state index in [0.29, 0.717) is 28.9 Å². The molecule has 6 nitrogen and oxygen atoms in total. The molecule has 4 N–H and O–H groups in total. The summed E-state index contributed by atoms with van der Waals surface area (Å²) in [5.41, 5.74) is 7.79. The Morgan fingerprint density at radius 2 is 2.00 bits per heavy atom. The minimum atomic E-state index is -0.206. The Kier molecular flexibility index (Phi) is 3.91. The fraction of sp³-hybridized carbons (Fsp3) is 0.312. The van der Waals surface area contributed by atoms with Gasteiger partial charge in [0.25, 0.3) is 5.91 Å². The monoisotopic (exact) mass is 297 g/mol. The lowest BCUT2D eigenvalue weighted by atomic mass is 10.2. The molecule has 0 bridgehead atoms. The van der Waals surface area contributed by atoms with Gasteiger partial charge in [-0.25, -0.2) is 4.98 Å². The Bertz CT molecular complexity index is 679. The maximum atomic E-state index is 12.3. The van der Waals surface area contributed by atoms with E-state index in [1.54, 1.807) is 24.3 Å². The zero-order chi connectivity index (χ0) is 15.5. The van der Waals surface area contributed by atoms with Gasteiger partial charge in [0, 0.05) is 29.8 Å². The molecule has 1 amide bonds. The van der Waals surface area contributed by atoms with Gasteiger partial charge in [-0.1, -0.05) is 0 Å². The van der Waals surface area contributed by atoms with Crippen LogP contribution in [0.25, 0.3) is 0 Å². The van der Waals surface area contributed by atoms with E-state index in [9.17, 15) is 4.79 Å². The van der Waals surface area contributed by atoms with Gasteiger partial charge < -0.3 is 16.4 Å². The molecule has 0 spiro atoms. The molecule has 2 aromatic rings. The summed E-state index contributed by atoms with van der Waals surface area (Å²) in [6.45, 7) is 2.72. The van der Waals surface area contributed by atoms with Gasteiger partial charge in [-0.2, -0.15) is 4.98 Å². The largest absolute Gasteiger partial charge is 0.399 e. The molecular formula is C16H19N5O. The van der Waals surface area contributed by atoms with Gasteiger partial charge in [0.05, 0.1) is 5.69 Å². The summed E-state index contributed by atoms with van der Waals surface area (Å²) in [5.74, 6) is 1.37.